The lowest BCUT2D eigenvalue weighted by Crippen LogP contribution is -2.37. The molecule has 4 nitrogen and oxygen atoms in total. The minimum atomic E-state index is -0.258. The van der Waals surface area contributed by atoms with Gasteiger partial charge in [0.15, 0.2) is 0 Å². The van der Waals surface area contributed by atoms with Crippen molar-refractivity contribution in [1.29, 1.82) is 0 Å². The molecule has 0 radical (unpaired) electrons. The van der Waals surface area contributed by atoms with Gasteiger partial charge in [-0.3, -0.25) is 0 Å². The SMILES string of the molecule is C=CCN(CCO)C(=O)Nc1ccccc1Br. The molecule has 17 heavy (non-hydrogen) atoms. The Morgan fingerprint density at radius 3 is 2.82 bits per heavy atom. The maximum atomic E-state index is 11.9. The van der Waals surface area contributed by atoms with E-state index in [1.165, 1.54) is 4.90 Å². The van der Waals surface area contributed by atoms with Crippen LogP contribution in [0.4, 0.5) is 10.5 Å². The number of aliphatic hydroxyl groups is 1. The zero-order valence-electron chi connectivity index (χ0n) is 9.40. The second-order valence-electron chi connectivity index (χ2n) is 3.37. The molecule has 2 amide bonds. The molecule has 0 unspecified atom stereocenters. The van der Waals surface area contributed by atoms with Gasteiger partial charge in [0.05, 0.1) is 12.3 Å². The number of benzene rings is 1. The first kappa shape index (κ1) is 13.7. The van der Waals surface area contributed by atoms with Crippen molar-refractivity contribution in [2.24, 2.45) is 0 Å². The van der Waals surface area contributed by atoms with Gasteiger partial charge in [0.25, 0.3) is 0 Å². The van der Waals surface area contributed by atoms with Crippen molar-refractivity contribution < 1.29 is 9.90 Å². The van der Waals surface area contributed by atoms with Gasteiger partial charge in [-0.2, -0.15) is 0 Å². The number of amides is 2. The highest BCUT2D eigenvalue weighted by Crippen LogP contribution is 2.21. The third kappa shape index (κ3) is 4.20. The van der Waals surface area contributed by atoms with E-state index in [2.05, 4.69) is 27.8 Å². The fourth-order valence-electron chi connectivity index (χ4n) is 1.31. The molecule has 0 fully saturated rings. The van der Waals surface area contributed by atoms with Gasteiger partial charge in [-0.1, -0.05) is 18.2 Å². The third-order valence-corrected chi connectivity index (χ3v) is 2.81. The summed E-state index contributed by atoms with van der Waals surface area (Å²) in [4.78, 5) is 13.4. The van der Waals surface area contributed by atoms with Crippen LogP contribution >= 0.6 is 15.9 Å². The highest BCUT2D eigenvalue weighted by atomic mass is 79.9. The van der Waals surface area contributed by atoms with Gasteiger partial charge < -0.3 is 15.3 Å². The van der Waals surface area contributed by atoms with Crippen molar-refractivity contribution >= 4 is 27.6 Å². The molecule has 2 N–H and O–H groups in total. The number of nitrogens with zero attached hydrogens (tertiary/aromatic N) is 1. The van der Waals surface area contributed by atoms with E-state index in [4.69, 9.17) is 5.11 Å². The number of aliphatic hydroxyl groups excluding tert-OH is 1. The van der Waals surface area contributed by atoms with Gasteiger partial charge in [0.2, 0.25) is 0 Å². The van der Waals surface area contributed by atoms with Crippen LogP contribution < -0.4 is 5.32 Å². The van der Waals surface area contributed by atoms with Crippen molar-refractivity contribution in [2.75, 3.05) is 25.0 Å². The summed E-state index contributed by atoms with van der Waals surface area (Å²) in [6.45, 7) is 4.18. The molecular weight excluding hydrogens is 284 g/mol. The number of anilines is 1. The number of urea groups is 1. The first-order chi connectivity index (χ1) is 8.19. The summed E-state index contributed by atoms with van der Waals surface area (Å²) in [6, 6.07) is 7.09. The zero-order valence-corrected chi connectivity index (χ0v) is 11.0. The van der Waals surface area contributed by atoms with Crippen molar-refractivity contribution in [3.63, 3.8) is 0 Å². The number of nitrogens with one attached hydrogen (secondary N) is 1. The van der Waals surface area contributed by atoms with Crippen molar-refractivity contribution in [1.82, 2.24) is 4.90 Å². The van der Waals surface area contributed by atoms with Crippen molar-refractivity contribution in [3.8, 4) is 0 Å². The van der Waals surface area contributed by atoms with Gasteiger partial charge >= 0.3 is 6.03 Å². The Morgan fingerprint density at radius 2 is 2.24 bits per heavy atom. The molecule has 0 aliphatic carbocycles. The Kier molecular flexibility index (Phi) is 5.72. The molecule has 0 saturated heterocycles. The third-order valence-electron chi connectivity index (χ3n) is 2.12. The topological polar surface area (TPSA) is 52.6 Å². The molecule has 5 heteroatoms. The predicted octanol–water partition coefficient (Wildman–Crippen LogP) is 2.46. The van der Waals surface area contributed by atoms with E-state index in [1.807, 2.05) is 18.2 Å². The molecule has 92 valence electrons. The number of halogens is 1. The highest BCUT2D eigenvalue weighted by molar-refractivity contribution is 9.10. The van der Waals surface area contributed by atoms with Gasteiger partial charge in [-0.15, -0.1) is 6.58 Å². The molecule has 1 aromatic rings. The second-order valence-corrected chi connectivity index (χ2v) is 4.22. The van der Waals surface area contributed by atoms with E-state index in [9.17, 15) is 4.79 Å². The Labute approximate surface area is 109 Å². The summed E-state index contributed by atoms with van der Waals surface area (Å²) in [7, 11) is 0. The van der Waals surface area contributed by atoms with Crippen LogP contribution in [0.2, 0.25) is 0 Å². The summed E-state index contributed by atoms with van der Waals surface area (Å²) in [5, 5.41) is 11.6. The summed E-state index contributed by atoms with van der Waals surface area (Å²) in [5.74, 6) is 0. The van der Waals surface area contributed by atoms with Crippen LogP contribution in [0.1, 0.15) is 0 Å². The Bertz CT molecular complexity index is 396. The lowest BCUT2D eigenvalue weighted by Gasteiger charge is -2.20. The van der Waals surface area contributed by atoms with Crippen LogP contribution in [-0.2, 0) is 0 Å². The quantitative estimate of drug-likeness (QED) is 0.821. The summed E-state index contributed by atoms with van der Waals surface area (Å²) < 4.78 is 0.816. The Morgan fingerprint density at radius 1 is 1.53 bits per heavy atom. The highest BCUT2D eigenvalue weighted by Gasteiger charge is 2.12. The zero-order chi connectivity index (χ0) is 12.7. The van der Waals surface area contributed by atoms with Crippen LogP contribution in [0, 0.1) is 0 Å². The normalized spacial score (nSPS) is 9.76. The standard InChI is InChI=1S/C12H15BrN2O2/c1-2-7-15(8-9-16)12(17)14-11-6-4-3-5-10(11)13/h2-6,16H,1,7-9H2,(H,14,17). The van der Waals surface area contributed by atoms with Crippen molar-refractivity contribution in [2.45, 2.75) is 0 Å². The van der Waals surface area contributed by atoms with Gasteiger partial charge in [0.1, 0.15) is 0 Å². The van der Waals surface area contributed by atoms with Crippen LogP contribution in [0.25, 0.3) is 0 Å². The lowest BCUT2D eigenvalue weighted by atomic mass is 10.3. The Hall–Kier alpha value is -1.33. The molecule has 0 spiro atoms. The molecule has 0 heterocycles. The number of para-hydroxylation sites is 1. The van der Waals surface area contributed by atoms with Crippen molar-refractivity contribution in [3.05, 3.63) is 41.4 Å². The molecule has 0 aliphatic heterocycles. The molecule has 0 bridgehead atoms. The Balaban J connectivity index is 2.69. The lowest BCUT2D eigenvalue weighted by molar-refractivity contribution is 0.195. The first-order valence-corrected chi connectivity index (χ1v) is 6.00. The maximum absolute atomic E-state index is 11.9. The van der Waals surface area contributed by atoms with E-state index in [-0.39, 0.29) is 19.2 Å². The number of hydrogen-bond acceptors (Lipinski definition) is 2. The maximum Gasteiger partial charge on any atom is 0.322 e. The molecule has 0 aliphatic rings. The van der Waals surface area contributed by atoms with Crippen LogP contribution in [0.15, 0.2) is 41.4 Å². The molecule has 1 aromatic carbocycles. The molecule has 0 saturated carbocycles. The predicted molar refractivity (Wildman–Crippen MR) is 72.0 cm³/mol. The van der Waals surface area contributed by atoms with Gasteiger partial charge in [-0.05, 0) is 28.1 Å². The monoisotopic (exact) mass is 298 g/mol. The van der Waals surface area contributed by atoms with E-state index in [0.29, 0.717) is 12.2 Å². The fourth-order valence-corrected chi connectivity index (χ4v) is 1.69. The number of carbonyl (C=O) groups excluding carboxylic acids is 1. The van der Waals surface area contributed by atoms with Crippen LogP contribution in [0.3, 0.4) is 0 Å². The van der Waals surface area contributed by atoms with E-state index in [0.717, 1.165) is 4.47 Å². The second kappa shape index (κ2) is 7.09. The average Bonchev–Trinajstić information content (AvgIpc) is 2.32. The number of hydrogen-bond donors (Lipinski definition) is 2. The first-order valence-electron chi connectivity index (χ1n) is 5.21. The van der Waals surface area contributed by atoms with Gasteiger partial charge in [0, 0.05) is 17.6 Å². The summed E-state index contributed by atoms with van der Waals surface area (Å²) in [5.41, 5.74) is 0.699. The average molecular weight is 299 g/mol. The molecule has 1 rings (SSSR count). The summed E-state index contributed by atoms with van der Waals surface area (Å²) >= 11 is 3.35. The minimum absolute atomic E-state index is 0.0722. The van der Waals surface area contributed by atoms with E-state index >= 15 is 0 Å². The molecule has 0 atom stereocenters. The number of carbonyl (C=O) groups is 1. The molecule has 0 aromatic heterocycles. The van der Waals surface area contributed by atoms with Crippen LogP contribution in [-0.4, -0.2) is 35.7 Å². The van der Waals surface area contributed by atoms with Crippen LogP contribution in [0.5, 0.6) is 0 Å². The largest absolute Gasteiger partial charge is 0.395 e. The fraction of sp³-hybridized carbons (Fsp3) is 0.250. The molecular formula is C12H15BrN2O2. The van der Waals surface area contributed by atoms with Gasteiger partial charge in [-0.25, -0.2) is 4.79 Å². The summed E-state index contributed by atoms with van der Waals surface area (Å²) in [6.07, 6.45) is 1.62. The van der Waals surface area contributed by atoms with E-state index < -0.39 is 0 Å². The number of rotatable bonds is 5. The van der Waals surface area contributed by atoms with E-state index in [1.54, 1.807) is 12.1 Å². The smallest absolute Gasteiger partial charge is 0.322 e. The minimum Gasteiger partial charge on any atom is -0.395 e.